The average molecular weight is 410 g/mol. The van der Waals surface area contributed by atoms with Gasteiger partial charge in [0.2, 0.25) is 5.89 Å². The van der Waals surface area contributed by atoms with Gasteiger partial charge in [0, 0.05) is 44.7 Å². The Labute approximate surface area is 173 Å². The summed E-state index contributed by atoms with van der Waals surface area (Å²) < 4.78 is 25.2. The molecule has 0 bridgehead atoms. The molecule has 0 spiro atoms. The number of halogens is 1. The molecule has 0 atom stereocenters. The molecule has 0 unspecified atom stereocenters. The van der Waals surface area contributed by atoms with Gasteiger partial charge in [-0.25, -0.2) is 9.18 Å². The number of piperazine rings is 1. The van der Waals surface area contributed by atoms with E-state index in [-0.39, 0.29) is 11.7 Å². The van der Waals surface area contributed by atoms with Crippen molar-refractivity contribution in [3.05, 3.63) is 70.0 Å². The highest BCUT2D eigenvalue weighted by atomic mass is 19.1. The second-order valence-corrected chi connectivity index (χ2v) is 7.76. The van der Waals surface area contributed by atoms with E-state index in [1.165, 1.54) is 27.9 Å². The molecular weight excluding hydrogens is 387 g/mol. The number of benzene rings is 2. The highest BCUT2D eigenvalue weighted by Crippen LogP contribution is 2.26. The van der Waals surface area contributed by atoms with E-state index >= 15 is 0 Å². The third-order valence-corrected chi connectivity index (χ3v) is 5.66. The van der Waals surface area contributed by atoms with Crippen LogP contribution in [0.4, 0.5) is 4.39 Å². The zero-order valence-electron chi connectivity index (χ0n) is 16.6. The average Bonchev–Trinajstić information content (AvgIpc) is 3.36. The summed E-state index contributed by atoms with van der Waals surface area (Å²) in [6.45, 7) is 5.61. The first kappa shape index (κ1) is 19.0. The summed E-state index contributed by atoms with van der Waals surface area (Å²) in [5.74, 6) is 0.379. The van der Waals surface area contributed by atoms with E-state index < -0.39 is 5.76 Å². The highest BCUT2D eigenvalue weighted by molar-refractivity contribution is 5.51. The normalized spacial score (nSPS) is 17.1. The molecule has 2 aliphatic rings. The van der Waals surface area contributed by atoms with Crippen molar-refractivity contribution >= 4 is 0 Å². The van der Waals surface area contributed by atoms with Gasteiger partial charge in [0.1, 0.15) is 18.2 Å². The molecule has 0 radical (unpaired) electrons. The standard InChI is InChI=1S/C22H23FN4O3/c23-19-4-2-17(3-5-19)21-24-27(22(28)30-21)15-26-10-8-25(9-11-26)14-16-1-6-20-18(13-16)7-12-29-20/h1-6,13H,7-12,14-15H2. The molecule has 30 heavy (non-hydrogen) atoms. The van der Waals surface area contributed by atoms with E-state index in [1.54, 1.807) is 12.1 Å². The first-order valence-electron chi connectivity index (χ1n) is 10.2. The predicted molar refractivity (Wildman–Crippen MR) is 109 cm³/mol. The minimum absolute atomic E-state index is 0.208. The quantitative estimate of drug-likeness (QED) is 0.644. The number of rotatable bonds is 5. The van der Waals surface area contributed by atoms with Gasteiger partial charge in [0.15, 0.2) is 0 Å². The zero-order valence-corrected chi connectivity index (χ0v) is 16.6. The lowest BCUT2D eigenvalue weighted by molar-refractivity contribution is 0.0964. The predicted octanol–water partition coefficient (Wildman–Crippen LogP) is 2.35. The number of aromatic nitrogens is 2. The molecule has 1 saturated heterocycles. The van der Waals surface area contributed by atoms with Crippen LogP contribution in [0.5, 0.6) is 5.75 Å². The molecule has 2 aromatic carbocycles. The maximum absolute atomic E-state index is 13.1. The summed E-state index contributed by atoms with van der Waals surface area (Å²) in [4.78, 5) is 16.8. The van der Waals surface area contributed by atoms with Crippen LogP contribution in [0.2, 0.25) is 0 Å². The minimum atomic E-state index is -0.503. The van der Waals surface area contributed by atoms with Crippen LogP contribution < -0.4 is 10.5 Å². The van der Waals surface area contributed by atoms with Gasteiger partial charge < -0.3 is 9.15 Å². The van der Waals surface area contributed by atoms with Crippen LogP contribution in [0, 0.1) is 5.82 Å². The van der Waals surface area contributed by atoms with Gasteiger partial charge in [-0.1, -0.05) is 12.1 Å². The first-order valence-corrected chi connectivity index (χ1v) is 10.2. The van der Waals surface area contributed by atoms with Gasteiger partial charge in [-0.2, -0.15) is 4.68 Å². The molecule has 3 heterocycles. The van der Waals surface area contributed by atoms with E-state index in [0.717, 1.165) is 51.5 Å². The van der Waals surface area contributed by atoms with Crippen molar-refractivity contribution in [2.24, 2.45) is 0 Å². The molecule has 0 aliphatic carbocycles. The summed E-state index contributed by atoms with van der Waals surface area (Å²) in [6, 6.07) is 12.2. The van der Waals surface area contributed by atoms with Gasteiger partial charge in [-0.3, -0.25) is 9.80 Å². The van der Waals surface area contributed by atoms with Crippen molar-refractivity contribution in [3.8, 4) is 17.2 Å². The minimum Gasteiger partial charge on any atom is -0.493 e. The molecule has 1 aromatic heterocycles. The van der Waals surface area contributed by atoms with Gasteiger partial charge in [0.25, 0.3) is 0 Å². The molecule has 5 rings (SSSR count). The lowest BCUT2D eigenvalue weighted by Crippen LogP contribution is -2.47. The smallest absolute Gasteiger partial charge is 0.438 e. The molecular formula is C22H23FN4O3. The van der Waals surface area contributed by atoms with Crippen molar-refractivity contribution in [1.82, 2.24) is 19.6 Å². The Morgan fingerprint density at radius 3 is 2.57 bits per heavy atom. The fourth-order valence-corrected chi connectivity index (χ4v) is 3.98. The number of hydrogen-bond acceptors (Lipinski definition) is 6. The maximum Gasteiger partial charge on any atom is 0.438 e. The Bertz CT molecular complexity index is 1080. The number of ether oxygens (including phenoxy) is 1. The third kappa shape index (κ3) is 4.01. The Kier molecular flexibility index (Phi) is 5.10. The molecule has 1 fully saturated rings. The molecule has 8 heteroatoms. The molecule has 3 aromatic rings. The molecule has 156 valence electrons. The van der Waals surface area contributed by atoms with Crippen LogP contribution in [0.15, 0.2) is 51.7 Å². The lowest BCUT2D eigenvalue weighted by Gasteiger charge is -2.34. The Hall–Kier alpha value is -2.97. The number of nitrogens with zero attached hydrogens (tertiary/aromatic N) is 4. The highest BCUT2D eigenvalue weighted by Gasteiger charge is 2.20. The third-order valence-electron chi connectivity index (χ3n) is 5.66. The molecule has 0 amide bonds. The first-order chi connectivity index (χ1) is 14.6. The van der Waals surface area contributed by atoms with Gasteiger partial charge in [-0.05, 0) is 41.5 Å². The van der Waals surface area contributed by atoms with E-state index in [4.69, 9.17) is 9.15 Å². The topological polar surface area (TPSA) is 63.7 Å². The monoisotopic (exact) mass is 410 g/mol. The van der Waals surface area contributed by atoms with E-state index in [1.807, 2.05) is 0 Å². The van der Waals surface area contributed by atoms with Crippen LogP contribution in [-0.4, -0.2) is 52.4 Å². The second-order valence-electron chi connectivity index (χ2n) is 7.76. The van der Waals surface area contributed by atoms with Crippen LogP contribution >= 0.6 is 0 Å². The van der Waals surface area contributed by atoms with Crippen molar-refractivity contribution < 1.29 is 13.5 Å². The molecule has 7 nitrogen and oxygen atoms in total. The van der Waals surface area contributed by atoms with Crippen molar-refractivity contribution in [2.75, 3.05) is 32.8 Å². The van der Waals surface area contributed by atoms with Gasteiger partial charge in [0.05, 0.1) is 6.61 Å². The van der Waals surface area contributed by atoms with Crippen LogP contribution in [0.1, 0.15) is 11.1 Å². The van der Waals surface area contributed by atoms with Gasteiger partial charge >= 0.3 is 5.76 Å². The number of fused-ring (bicyclic) bond motifs is 1. The maximum atomic E-state index is 13.1. The van der Waals surface area contributed by atoms with Crippen LogP contribution in [0.3, 0.4) is 0 Å². The summed E-state index contributed by atoms with van der Waals surface area (Å²) in [6.07, 6.45) is 0.989. The van der Waals surface area contributed by atoms with Gasteiger partial charge in [-0.15, -0.1) is 5.10 Å². The van der Waals surface area contributed by atoms with Crippen LogP contribution in [-0.2, 0) is 19.6 Å². The Morgan fingerprint density at radius 1 is 1.00 bits per heavy atom. The lowest BCUT2D eigenvalue weighted by atomic mass is 10.1. The number of hydrogen-bond donors (Lipinski definition) is 0. The molecule has 2 aliphatic heterocycles. The van der Waals surface area contributed by atoms with E-state index in [0.29, 0.717) is 12.2 Å². The summed E-state index contributed by atoms with van der Waals surface area (Å²) >= 11 is 0. The molecule has 0 saturated carbocycles. The molecule has 0 N–H and O–H groups in total. The Balaban J connectivity index is 1.17. The zero-order chi connectivity index (χ0) is 20.5. The van der Waals surface area contributed by atoms with E-state index in [2.05, 4.69) is 33.1 Å². The summed E-state index contributed by atoms with van der Waals surface area (Å²) in [7, 11) is 0. The fraction of sp³-hybridized carbons (Fsp3) is 0.364. The summed E-state index contributed by atoms with van der Waals surface area (Å²) in [5, 5.41) is 4.27. The van der Waals surface area contributed by atoms with Crippen molar-refractivity contribution in [3.63, 3.8) is 0 Å². The summed E-state index contributed by atoms with van der Waals surface area (Å²) in [5.41, 5.74) is 3.19. The fourth-order valence-electron chi connectivity index (χ4n) is 3.98. The SMILES string of the molecule is O=c1oc(-c2ccc(F)cc2)nn1CN1CCN(Cc2ccc3c(c2)CCO3)CC1. The second kappa shape index (κ2) is 8.04. The van der Waals surface area contributed by atoms with E-state index in [9.17, 15) is 9.18 Å². The van der Waals surface area contributed by atoms with Crippen LogP contribution in [0.25, 0.3) is 11.5 Å². The van der Waals surface area contributed by atoms with Crippen molar-refractivity contribution in [1.29, 1.82) is 0 Å². The Morgan fingerprint density at radius 2 is 1.77 bits per heavy atom. The largest absolute Gasteiger partial charge is 0.493 e. The van der Waals surface area contributed by atoms with Crippen molar-refractivity contribution in [2.45, 2.75) is 19.6 Å².